The van der Waals surface area contributed by atoms with Crippen LogP contribution in [0.5, 0.6) is 0 Å². The predicted molar refractivity (Wildman–Crippen MR) is 78.7 cm³/mol. The SMILES string of the molecule is Nc1c(Cl)cc(C(=O)N2CCCSCC2)cc1Cl. The van der Waals surface area contributed by atoms with Gasteiger partial charge in [0, 0.05) is 24.4 Å². The second-order valence-corrected chi connectivity index (χ2v) is 6.15. The molecule has 0 atom stereocenters. The number of nitrogens with two attached hydrogens (primary N) is 1. The number of nitrogen functional groups attached to an aromatic ring is 1. The molecule has 0 unspecified atom stereocenters. The second-order valence-electron chi connectivity index (χ2n) is 4.11. The minimum absolute atomic E-state index is 0.0266. The molecule has 18 heavy (non-hydrogen) atoms. The first-order chi connectivity index (χ1) is 8.59. The smallest absolute Gasteiger partial charge is 0.253 e. The third-order valence-corrected chi connectivity index (χ3v) is 4.51. The van der Waals surface area contributed by atoms with Gasteiger partial charge in [-0.3, -0.25) is 4.79 Å². The molecule has 3 nitrogen and oxygen atoms in total. The Morgan fingerprint density at radius 1 is 1.22 bits per heavy atom. The summed E-state index contributed by atoms with van der Waals surface area (Å²) in [4.78, 5) is 14.2. The molecule has 1 heterocycles. The summed E-state index contributed by atoms with van der Waals surface area (Å²) in [6, 6.07) is 3.17. The molecular formula is C12H14Cl2N2OS. The Labute approximate surface area is 121 Å². The number of amides is 1. The van der Waals surface area contributed by atoms with Crippen LogP contribution in [0.1, 0.15) is 16.8 Å². The van der Waals surface area contributed by atoms with E-state index in [4.69, 9.17) is 28.9 Å². The molecule has 0 spiro atoms. The number of benzene rings is 1. The molecule has 0 radical (unpaired) electrons. The van der Waals surface area contributed by atoms with Gasteiger partial charge in [-0.1, -0.05) is 23.2 Å². The number of halogens is 2. The van der Waals surface area contributed by atoms with E-state index in [1.807, 2.05) is 16.7 Å². The zero-order valence-corrected chi connectivity index (χ0v) is 12.1. The van der Waals surface area contributed by atoms with E-state index in [-0.39, 0.29) is 5.91 Å². The fourth-order valence-corrected chi connectivity index (χ4v) is 3.21. The van der Waals surface area contributed by atoms with Gasteiger partial charge in [-0.2, -0.15) is 11.8 Å². The van der Waals surface area contributed by atoms with Crippen LogP contribution in [0.15, 0.2) is 12.1 Å². The van der Waals surface area contributed by atoms with Crippen LogP contribution in [0.2, 0.25) is 10.0 Å². The lowest BCUT2D eigenvalue weighted by molar-refractivity contribution is 0.0768. The molecule has 1 aliphatic heterocycles. The van der Waals surface area contributed by atoms with E-state index < -0.39 is 0 Å². The first kappa shape index (κ1) is 13.8. The van der Waals surface area contributed by atoms with E-state index in [1.165, 1.54) is 0 Å². The van der Waals surface area contributed by atoms with Crippen molar-refractivity contribution in [2.75, 3.05) is 30.3 Å². The number of thioether (sulfide) groups is 1. The van der Waals surface area contributed by atoms with Crippen LogP contribution < -0.4 is 5.73 Å². The minimum atomic E-state index is -0.0266. The summed E-state index contributed by atoms with van der Waals surface area (Å²) in [5, 5.41) is 0.657. The third kappa shape index (κ3) is 3.05. The highest BCUT2D eigenvalue weighted by Crippen LogP contribution is 2.29. The largest absolute Gasteiger partial charge is 0.396 e. The summed E-state index contributed by atoms with van der Waals surface area (Å²) in [6.45, 7) is 1.55. The van der Waals surface area contributed by atoms with Gasteiger partial charge in [0.25, 0.3) is 5.91 Å². The fraction of sp³-hybridized carbons (Fsp3) is 0.417. The van der Waals surface area contributed by atoms with Gasteiger partial charge in [0.1, 0.15) is 0 Å². The van der Waals surface area contributed by atoms with Crippen LogP contribution in [0.3, 0.4) is 0 Å². The monoisotopic (exact) mass is 304 g/mol. The molecule has 1 amide bonds. The quantitative estimate of drug-likeness (QED) is 0.811. The Kier molecular flexibility index (Phi) is 4.65. The van der Waals surface area contributed by atoms with Gasteiger partial charge < -0.3 is 10.6 Å². The van der Waals surface area contributed by atoms with Crippen molar-refractivity contribution < 1.29 is 4.79 Å². The summed E-state index contributed by atoms with van der Waals surface area (Å²) in [5.41, 5.74) is 6.49. The van der Waals surface area contributed by atoms with E-state index in [1.54, 1.807) is 12.1 Å². The lowest BCUT2D eigenvalue weighted by atomic mass is 10.1. The van der Waals surface area contributed by atoms with E-state index in [2.05, 4.69) is 0 Å². The van der Waals surface area contributed by atoms with E-state index in [9.17, 15) is 4.79 Å². The lowest BCUT2D eigenvalue weighted by Crippen LogP contribution is -2.32. The highest BCUT2D eigenvalue weighted by atomic mass is 35.5. The van der Waals surface area contributed by atoms with Crippen LogP contribution in [0, 0.1) is 0 Å². The zero-order valence-electron chi connectivity index (χ0n) is 9.79. The van der Waals surface area contributed by atoms with Crippen molar-refractivity contribution in [3.8, 4) is 0 Å². The molecule has 6 heteroatoms. The first-order valence-electron chi connectivity index (χ1n) is 5.71. The number of hydrogen-bond donors (Lipinski definition) is 1. The predicted octanol–water partition coefficient (Wildman–Crippen LogP) is 3.15. The standard InChI is InChI=1S/C12H14Cl2N2OS/c13-9-6-8(7-10(14)11(9)15)12(17)16-2-1-4-18-5-3-16/h6-7H,1-5,15H2. The van der Waals surface area contributed by atoms with Crippen molar-refractivity contribution in [3.05, 3.63) is 27.7 Å². The molecule has 1 saturated heterocycles. The van der Waals surface area contributed by atoms with Crippen LogP contribution in [-0.4, -0.2) is 35.4 Å². The third-order valence-electron chi connectivity index (χ3n) is 2.84. The molecule has 1 aromatic carbocycles. The molecule has 1 aromatic rings. The van der Waals surface area contributed by atoms with Crippen molar-refractivity contribution in [1.82, 2.24) is 4.90 Å². The Hall–Kier alpha value is -0.580. The second kappa shape index (κ2) is 6.04. The van der Waals surface area contributed by atoms with E-state index in [0.717, 1.165) is 31.0 Å². The Balaban J connectivity index is 2.22. The van der Waals surface area contributed by atoms with Gasteiger partial charge in [0.15, 0.2) is 0 Å². The highest BCUT2D eigenvalue weighted by molar-refractivity contribution is 7.99. The number of carbonyl (C=O) groups is 1. The molecule has 98 valence electrons. The van der Waals surface area contributed by atoms with Crippen molar-refractivity contribution in [2.24, 2.45) is 0 Å². The van der Waals surface area contributed by atoms with Crippen LogP contribution in [0.25, 0.3) is 0 Å². The number of anilines is 1. The van der Waals surface area contributed by atoms with Gasteiger partial charge in [-0.05, 0) is 24.3 Å². The summed E-state index contributed by atoms with van der Waals surface area (Å²) in [7, 11) is 0. The van der Waals surface area contributed by atoms with E-state index in [0.29, 0.717) is 21.3 Å². The Morgan fingerprint density at radius 2 is 1.89 bits per heavy atom. The van der Waals surface area contributed by atoms with Gasteiger partial charge in [0.05, 0.1) is 15.7 Å². The number of rotatable bonds is 1. The summed E-state index contributed by atoms with van der Waals surface area (Å²) >= 11 is 13.8. The molecule has 1 aliphatic rings. The topological polar surface area (TPSA) is 46.3 Å². The number of carbonyl (C=O) groups excluding carboxylic acids is 1. The molecule has 0 bridgehead atoms. The molecule has 0 aliphatic carbocycles. The van der Waals surface area contributed by atoms with Gasteiger partial charge >= 0.3 is 0 Å². The van der Waals surface area contributed by atoms with Crippen LogP contribution in [-0.2, 0) is 0 Å². The summed E-state index contributed by atoms with van der Waals surface area (Å²) in [5.74, 6) is 2.05. The van der Waals surface area contributed by atoms with E-state index >= 15 is 0 Å². The van der Waals surface area contributed by atoms with Crippen molar-refractivity contribution in [1.29, 1.82) is 0 Å². The van der Waals surface area contributed by atoms with Gasteiger partial charge in [-0.25, -0.2) is 0 Å². The van der Waals surface area contributed by atoms with Crippen molar-refractivity contribution in [2.45, 2.75) is 6.42 Å². The normalized spacial score (nSPS) is 16.4. The maximum Gasteiger partial charge on any atom is 0.253 e. The molecule has 0 aromatic heterocycles. The lowest BCUT2D eigenvalue weighted by Gasteiger charge is -2.20. The average molecular weight is 305 g/mol. The van der Waals surface area contributed by atoms with Crippen LogP contribution >= 0.6 is 35.0 Å². The van der Waals surface area contributed by atoms with Crippen LogP contribution in [0.4, 0.5) is 5.69 Å². The Bertz CT molecular complexity index is 436. The first-order valence-corrected chi connectivity index (χ1v) is 7.62. The summed E-state index contributed by atoms with van der Waals surface area (Å²) < 4.78 is 0. The minimum Gasteiger partial charge on any atom is -0.396 e. The number of hydrogen-bond acceptors (Lipinski definition) is 3. The molecule has 2 N–H and O–H groups in total. The zero-order chi connectivity index (χ0) is 13.1. The average Bonchev–Trinajstić information content (AvgIpc) is 2.63. The Morgan fingerprint density at radius 3 is 2.56 bits per heavy atom. The van der Waals surface area contributed by atoms with Gasteiger partial charge in [0.2, 0.25) is 0 Å². The molecule has 2 rings (SSSR count). The molecule has 0 saturated carbocycles. The highest BCUT2D eigenvalue weighted by Gasteiger charge is 2.19. The van der Waals surface area contributed by atoms with Crippen molar-refractivity contribution in [3.63, 3.8) is 0 Å². The maximum atomic E-state index is 12.3. The number of nitrogens with zero attached hydrogens (tertiary/aromatic N) is 1. The molecular weight excluding hydrogens is 291 g/mol. The molecule has 1 fully saturated rings. The van der Waals surface area contributed by atoms with Gasteiger partial charge in [-0.15, -0.1) is 0 Å². The van der Waals surface area contributed by atoms with Crippen molar-refractivity contribution >= 4 is 46.6 Å². The summed E-state index contributed by atoms with van der Waals surface area (Å²) in [6.07, 6.45) is 1.02. The maximum absolute atomic E-state index is 12.3. The fourth-order valence-electron chi connectivity index (χ4n) is 1.84.